The van der Waals surface area contributed by atoms with Crippen molar-refractivity contribution in [2.24, 2.45) is 0 Å². The average molecular weight is 593 g/mol. The molecule has 8 nitrogen and oxygen atoms in total. The summed E-state index contributed by atoms with van der Waals surface area (Å²) in [6.45, 7) is 8.95. The third kappa shape index (κ3) is 6.78. The van der Waals surface area contributed by atoms with Crippen LogP contribution in [0.3, 0.4) is 0 Å². The lowest BCUT2D eigenvalue weighted by molar-refractivity contribution is 0.0693. The first kappa shape index (κ1) is 29.2. The maximum absolute atomic E-state index is 13.3. The van der Waals surface area contributed by atoms with Crippen molar-refractivity contribution in [2.45, 2.75) is 50.1 Å². The molecule has 2 heterocycles. The monoisotopic (exact) mass is 592 g/mol. The Morgan fingerprint density at radius 3 is 2.34 bits per heavy atom. The van der Waals surface area contributed by atoms with Crippen LogP contribution < -0.4 is 15.4 Å². The number of amides is 1. The molecule has 2 aliphatic heterocycles. The van der Waals surface area contributed by atoms with Gasteiger partial charge < -0.3 is 20.3 Å². The van der Waals surface area contributed by atoms with Gasteiger partial charge in [-0.1, -0.05) is 31.3 Å². The fourth-order valence-electron chi connectivity index (χ4n) is 5.26. The summed E-state index contributed by atoms with van der Waals surface area (Å²) in [5, 5.41) is 6.43. The van der Waals surface area contributed by atoms with Crippen LogP contribution >= 0.6 is 12.2 Å². The molecular formula is C31H36N4O4S2. The number of hydrogen-bond donors (Lipinski definition) is 3. The molecule has 0 radical (unpaired) electrons. The Morgan fingerprint density at radius 1 is 1.02 bits per heavy atom. The highest BCUT2D eigenvalue weighted by molar-refractivity contribution is 7.89. The average Bonchev–Trinajstić information content (AvgIpc) is 2.96. The van der Waals surface area contributed by atoms with E-state index in [4.69, 9.17) is 17.0 Å². The van der Waals surface area contributed by atoms with Gasteiger partial charge in [-0.25, -0.2) is 13.1 Å². The van der Waals surface area contributed by atoms with Gasteiger partial charge in [0.05, 0.1) is 24.2 Å². The Hall–Kier alpha value is -3.31. The number of benzene rings is 3. The summed E-state index contributed by atoms with van der Waals surface area (Å²) in [6.07, 6.45) is 1.35. The second-order valence-electron chi connectivity index (χ2n) is 11.1. The summed E-state index contributed by atoms with van der Waals surface area (Å²) in [5.74, 6) is -0.280. The van der Waals surface area contributed by atoms with Crippen molar-refractivity contribution in [3.63, 3.8) is 0 Å². The van der Waals surface area contributed by atoms with Crippen LogP contribution in [-0.2, 0) is 21.2 Å². The molecule has 10 heteroatoms. The number of thiocarbonyl (C=S) groups is 1. The molecule has 0 bridgehead atoms. The smallest absolute Gasteiger partial charge is 0.255 e. The molecule has 0 aromatic heterocycles. The van der Waals surface area contributed by atoms with Crippen molar-refractivity contribution in [1.82, 2.24) is 9.62 Å². The van der Waals surface area contributed by atoms with E-state index in [1.54, 1.807) is 24.3 Å². The highest BCUT2D eigenvalue weighted by Crippen LogP contribution is 2.39. The van der Waals surface area contributed by atoms with Crippen molar-refractivity contribution >= 4 is 44.5 Å². The number of hydrogen-bond acceptors (Lipinski definition) is 6. The predicted molar refractivity (Wildman–Crippen MR) is 166 cm³/mol. The standard InChI is InChI=1S/C31H36N4O4S2/c1-4-21-5-12-25(13-6-21)41(37,38)34-28-20-31(2,3)33-27-14-9-23(19-26(27)28)29(36)32-24-10-7-22(8-11-24)30(40)35-15-17-39-18-16-35/h5-14,19,28,33-34H,4,15-18,20H2,1-3H3,(H,32,36)/t28-/m0/s1. The first-order valence-corrected chi connectivity index (χ1v) is 15.8. The van der Waals surface area contributed by atoms with Gasteiger partial charge in [-0.3, -0.25) is 4.79 Å². The zero-order valence-corrected chi connectivity index (χ0v) is 25.2. The second-order valence-corrected chi connectivity index (χ2v) is 13.2. The number of nitrogens with zero attached hydrogens (tertiary/aromatic N) is 1. The van der Waals surface area contributed by atoms with Crippen LogP contribution in [0.25, 0.3) is 0 Å². The molecule has 0 saturated carbocycles. The molecular weight excluding hydrogens is 556 g/mol. The maximum Gasteiger partial charge on any atom is 0.255 e. The third-order valence-corrected chi connectivity index (χ3v) is 9.49. The molecule has 41 heavy (non-hydrogen) atoms. The summed E-state index contributed by atoms with van der Waals surface area (Å²) >= 11 is 5.64. The van der Waals surface area contributed by atoms with Gasteiger partial charge in [0.1, 0.15) is 4.99 Å². The number of carbonyl (C=O) groups excluding carboxylic acids is 1. The molecule has 1 amide bonds. The largest absolute Gasteiger partial charge is 0.380 e. The minimum Gasteiger partial charge on any atom is -0.380 e. The van der Waals surface area contributed by atoms with Crippen molar-refractivity contribution < 1.29 is 17.9 Å². The highest BCUT2D eigenvalue weighted by Gasteiger charge is 2.35. The summed E-state index contributed by atoms with van der Waals surface area (Å²) in [5.41, 5.74) is 4.26. The van der Waals surface area contributed by atoms with Crippen molar-refractivity contribution in [3.8, 4) is 0 Å². The van der Waals surface area contributed by atoms with Crippen molar-refractivity contribution in [3.05, 3.63) is 89.0 Å². The van der Waals surface area contributed by atoms with Crippen LogP contribution in [-0.4, -0.2) is 56.1 Å². The molecule has 1 atom stereocenters. The van der Waals surface area contributed by atoms with E-state index in [0.29, 0.717) is 30.9 Å². The zero-order chi connectivity index (χ0) is 29.2. The van der Waals surface area contributed by atoms with Gasteiger partial charge in [0, 0.05) is 41.1 Å². The normalized spacial score (nSPS) is 18.2. The van der Waals surface area contributed by atoms with E-state index in [-0.39, 0.29) is 16.3 Å². The van der Waals surface area contributed by atoms with E-state index in [2.05, 4.69) is 20.3 Å². The number of anilines is 2. The molecule has 5 rings (SSSR count). The van der Waals surface area contributed by atoms with E-state index in [0.717, 1.165) is 46.9 Å². The number of morpholine rings is 1. The van der Waals surface area contributed by atoms with Crippen LogP contribution in [0.5, 0.6) is 0 Å². The number of fused-ring (bicyclic) bond motifs is 1. The molecule has 0 unspecified atom stereocenters. The maximum atomic E-state index is 13.3. The fraction of sp³-hybridized carbons (Fsp3) is 0.355. The molecule has 1 saturated heterocycles. The Balaban J connectivity index is 1.33. The van der Waals surface area contributed by atoms with Crippen LogP contribution in [0.15, 0.2) is 71.6 Å². The Labute approximate surface area is 247 Å². The van der Waals surface area contributed by atoms with Gasteiger partial charge in [-0.2, -0.15) is 0 Å². The molecule has 216 valence electrons. The summed E-state index contributed by atoms with van der Waals surface area (Å²) in [7, 11) is -3.78. The lowest BCUT2D eigenvalue weighted by Crippen LogP contribution is -2.43. The number of carbonyl (C=O) groups is 1. The Kier molecular flexibility index (Phi) is 8.47. The minimum atomic E-state index is -3.78. The first-order valence-electron chi connectivity index (χ1n) is 13.9. The first-order chi connectivity index (χ1) is 19.5. The van der Waals surface area contributed by atoms with Crippen LogP contribution in [0.4, 0.5) is 11.4 Å². The van der Waals surface area contributed by atoms with E-state index in [9.17, 15) is 13.2 Å². The van der Waals surface area contributed by atoms with Gasteiger partial charge >= 0.3 is 0 Å². The second kappa shape index (κ2) is 11.9. The van der Waals surface area contributed by atoms with Crippen molar-refractivity contribution in [2.75, 3.05) is 36.9 Å². The topological polar surface area (TPSA) is 99.8 Å². The summed E-state index contributed by atoms with van der Waals surface area (Å²) in [6, 6.07) is 19.3. The van der Waals surface area contributed by atoms with Crippen molar-refractivity contribution in [1.29, 1.82) is 0 Å². The lowest BCUT2D eigenvalue weighted by atomic mass is 9.85. The number of rotatable bonds is 7. The highest BCUT2D eigenvalue weighted by atomic mass is 32.2. The molecule has 1 fully saturated rings. The van der Waals surface area contributed by atoms with Gasteiger partial charge in [0.25, 0.3) is 5.91 Å². The van der Waals surface area contributed by atoms with E-state index < -0.39 is 16.1 Å². The number of sulfonamides is 1. The van der Waals surface area contributed by atoms with Gasteiger partial charge in [-0.05, 0) is 92.4 Å². The van der Waals surface area contributed by atoms with Gasteiger partial charge in [0.15, 0.2) is 0 Å². The molecule has 0 spiro atoms. The number of nitrogens with one attached hydrogen (secondary N) is 3. The van der Waals surface area contributed by atoms with Crippen LogP contribution in [0, 0.1) is 0 Å². The van der Waals surface area contributed by atoms with E-state index in [1.165, 1.54) is 0 Å². The summed E-state index contributed by atoms with van der Waals surface area (Å²) in [4.78, 5) is 16.4. The predicted octanol–water partition coefficient (Wildman–Crippen LogP) is 5.12. The zero-order valence-electron chi connectivity index (χ0n) is 23.6. The molecule has 3 aromatic rings. The summed E-state index contributed by atoms with van der Waals surface area (Å²) < 4.78 is 35.0. The Morgan fingerprint density at radius 2 is 1.68 bits per heavy atom. The van der Waals surface area contributed by atoms with Gasteiger partial charge in [0.2, 0.25) is 10.0 Å². The Bertz CT molecular complexity index is 1530. The molecule has 3 N–H and O–H groups in total. The molecule has 2 aliphatic rings. The van der Waals surface area contributed by atoms with E-state index in [1.807, 2.05) is 63.2 Å². The third-order valence-electron chi connectivity index (χ3n) is 7.50. The minimum absolute atomic E-state index is 0.220. The molecule has 0 aliphatic carbocycles. The van der Waals surface area contributed by atoms with E-state index >= 15 is 0 Å². The fourth-order valence-corrected chi connectivity index (χ4v) is 6.79. The SMILES string of the molecule is CCc1ccc(S(=O)(=O)N[C@H]2CC(C)(C)Nc3ccc(C(=O)Nc4ccc(C(=S)N5CCOCC5)cc4)cc32)cc1. The lowest BCUT2D eigenvalue weighted by Gasteiger charge is -2.39. The van der Waals surface area contributed by atoms with Crippen LogP contribution in [0.2, 0.25) is 0 Å². The van der Waals surface area contributed by atoms with Gasteiger partial charge in [-0.15, -0.1) is 0 Å². The quantitative estimate of drug-likeness (QED) is 0.328. The van der Waals surface area contributed by atoms with Crippen LogP contribution in [0.1, 0.15) is 60.3 Å². The number of ether oxygens (including phenoxy) is 1. The molecule has 3 aromatic carbocycles. The number of aryl methyl sites for hydroxylation is 1.